The zero-order valence-corrected chi connectivity index (χ0v) is 11.2. The Hall–Kier alpha value is -0.650. The van der Waals surface area contributed by atoms with Gasteiger partial charge in [-0.05, 0) is 19.8 Å². The molecule has 0 spiro atoms. The maximum absolute atomic E-state index is 10.3. The van der Waals surface area contributed by atoms with E-state index >= 15 is 0 Å². The highest BCUT2D eigenvalue weighted by molar-refractivity contribution is 5.66. The number of aliphatic hydroxyl groups is 1. The fraction of sp³-hybridized carbons (Fsp3) is 0.923. The summed E-state index contributed by atoms with van der Waals surface area (Å²) in [4.78, 5) is 10.3. The molecule has 0 aromatic rings. The zero-order chi connectivity index (χ0) is 13.4. The smallest absolute Gasteiger partial charge is 0.303 e. The maximum atomic E-state index is 10.3. The Kier molecular flexibility index (Phi) is 7.23. The lowest BCUT2D eigenvalue weighted by atomic mass is 10.0. The Morgan fingerprint density at radius 1 is 1.22 bits per heavy atom. The topological polar surface area (TPSA) is 81.6 Å². The molecule has 18 heavy (non-hydrogen) atoms. The van der Waals surface area contributed by atoms with Gasteiger partial charge in [-0.25, -0.2) is 0 Å². The molecule has 0 aromatic carbocycles. The third-order valence-corrected chi connectivity index (χ3v) is 3.49. The van der Waals surface area contributed by atoms with Crippen LogP contribution in [0.15, 0.2) is 0 Å². The second-order valence-electron chi connectivity index (χ2n) is 5.21. The largest absolute Gasteiger partial charge is 0.481 e. The molecule has 3 atom stereocenters. The van der Waals surface area contributed by atoms with Crippen LogP contribution in [0.25, 0.3) is 0 Å². The Morgan fingerprint density at radius 2 is 1.89 bits per heavy atom. The van der Waals surface area contributed by atoms with Crippen molar-refractivity contribution in [3.8, 4) is 0 Å². The molecule has 1 fully saturated rings. The second-order valence-corrected chi connectivity index (χ2v) is 5.21. The van der Waals surface area contributed by atoms with Crippen LogP contribution < -0.4 is 10.6 Å². The van der Waals surface area contributed by atoms with Crippen LogP contribution in [-0.2, 0) is 4.79 Å². The molecule has 1 heterocycles. The molecule has 0 amide bonds. The van der Waals surface area contributed by atoms with Crippen LogP contribution in [0.1, 0.15) is 51.9 Å². The summed E-state index contributed by atoms with van der Waals surface area (Å²) in [6.07, 6.45) is 6.22. The van der Waals surface area contributed by atoms with Gasteiger partial charge in [-0.3, -0.25) is 10.1 Å². The number of carboxylic acid groups (broad SMARTS) is 1. The molecule has 0 unspecified atom stereocenters. The fourth-order valence-electron chi connectivity index (χ4n) is 2.34. The first kappa shape index (κ1) is 15.4. The van der Waals surface area contributed by atoms with Gasteiger partial charge in [0, 0.05) is 25.0 Å². The van der Waals surface area contributed by atoms with E-state index in [0.717, 1.165) is 45.1 Å². The monoisotopic (exact) mass is 258 g/mol. The van der Waals surface area contributed by atoms with Gasteiger partial charge in [-0.2, -0.15) is 0 Å². The molecule has 5 heteroatoms. The van der Waals surface area contributed by atoms with E-state index in [1.807, 2.05) is 6.92 Å². The summed E-state index contributed by atoms with van der Waals surface area (Å²) in [5, 5.41) is 24.5. The van der Waals surface area contributed by atoms with E-state index in [0.29, 0.717) is 12.5 Å². The first-order valence-electron chi connectivity index (χ1n) is 6.99. The van der Waals surface area contributed by atoms with Crippen LogP contribution in [-0.4, -0.2) is 41.0 Å². The van der Waals surface area contributed by atoms with Gasteiger partial charge in [-0.15, -0.1) is 0 Å². The van der Waals surface area contributed by atoms with Crippen molar-refractivity contribution in [1.29, 1.82) is 0 Å². The number of hydrogen-bond donors (Lipinski definition) is 4. The van der Waals surface area contributed by atoms with Crippen LogP contribution in [0, 0.1) is 0 Å². The minimum Gasteiger partial charge on any atom is -0.481 e. The Morgan fingerprint density at radius 3 is 2.56 bits per heavy atom. The van der Waals surface area contributed by atoms with Gasteiger partial charge in [0.25, 0.3) is 0 Å². The first-order valence-corrected chi connectivity index (χ1v) is 6.99. The van der Waals surface area contributed by atoms with E-state index in [-0.39, 0.29) is 6.04 Å². The lowest BCUT2D eigenvalue weighted by Gasteiger charge is -2.33. The molecule has 5 nitrogen and oxygen atoms in total. The van der Waals surface area contributed by atoms with Gasteiger partial charge in [0.05, 0.1) is 0 Å². The standard InChI is InChI=1S/C13H26N2O3/c1-10-13(18)14-9-11(15-10)7-5-3-2-4-6-8-12(16)17/h10-11,13-15,18H,2-9H2,1H3,(H,16,17)/t10-,11+,13-/m0/s1. The number of nitrogens with one attached hydrogen (secondary N) is 2. The molecule has 0 aliphatic carbocycles. The van der Waals surface area contributed by atoms with Gasteiger partial charge in [0.2, 0.25) is 0 Å². The van der Waals surface area contributed by atoms with Gasteiger partial charge < -0.3 is 15.5 Å². The summed E-state index contributed by atoms with van der Waals surface area (Å²) >= 11 is 0. The maximum Gasteiger partial charge on any atom is 0.303 e. The molecule has 0 radical (unpaired) electrons. The number of carboxylic acids is 1. The molecule has 0 bridgehead atoms. The van der Waals surface area contributed by atoms with Crippen LogP contribution >= 0.6 is 0 Å². The molecule has 1 rings (SSSR count). The summed E-state index contributed by atoms with van der Waals surface area (Å²) in [5.74, 6) is -0.694. The van der Waals surface area contributed by atoms with E-state index in [9.17, 15) is 9.90 Å². The fourth-order valence-corrected chi connectivity index (χ4v) is 2.34. The molecular weight excluding hydrogens is 232 g/mol. The molecule has 4 N–H and O–H groups in total. The summed E-state index contributed by atoms with van der Waals surface area (Å²) in [7, 11) is 0. The van der Waals surface area contributed by atoms with Crippen molar-refractivity contribution in [2.75, 3.05) is 6.54 Å². The minimum absolute atomic E-state index is 0.110. The third kappa shape index (κ3) is 6.33. The Labute approximate surface area is 109 Å². The van der Waals surface area contributed by atoms with Crippen LogP contribution in [0.4, 0.5) is 0 Å². The van der Waals surface area contributed by atoms with Crippen molar-refractivity contribution in [3.63, 3.8) is 0 Å². The van der Waals surface area contributed by atoms with Crippen molar-refractivity contribution >= 4 is 5.97 Å². The summed E-state index contributed by atoms with van der Waals surface area (Å²) < 4.78 is 0. The SMILES string of the molecule is C[C@@H]1N[C@H](CCCCCCCC(=O)O)CN[C@H]1O. The normalized spacial score (nSPS) is 28.2. The average molecular weight is 258 g/mol. The highest BCUT2D eigenvalue weighted by Crippen LogP contribution is 2.11. The van der Waals surface area contributed by atoms with Crippen molar-refractivity contribution in [1.82, 2.24) is 10.6 Å². The molecule has 0 saturated carbocycles. The lowest BCUT2D eigenvalue weighted by Crippen LogP contribution is -2.59. The molecule has 0 aromatic heterocycles. The molecule has 1 aliphatic heterocycles. The van der Waals surface area contributed by atoms with E-state index in [1.54, 1.807) is 0 Å². The van der Waals surface area contributed by atoms with Crippen molar-refractivity contribution in [2.45, 2.75) is 70.2 Å². The van der Waals surface area contributed by atoms with E-state index < -0.39 is 12.2 Å². The van der Waals surface area contributed by atoms with Gasteiger partial charge >= 0.3 is 5.97 Å². The van der Waals surface area contributed by atoms with E-state index in [1.165, 1.54) is 0 Å². The number of rotatable bonds is 8. The van der Waals surface area contributed by atoms with Gasteiger partial charge in [-0.1, -0.05) is 25.7 Å². The van der Waals surface area contributed by atoms with Crippen molar-refractivity contribution < 1.29 is 15.0 Å². The number of carbonyl (C=O) groups is 1. The van der Waals surface area contributed by atoms with Gasteiger partial charge in [0.15, 0.2) is 0 Å². The minimum atomic E-state index is -0.694. The molecular formula is C13H26N2O3. The number of aliphatic carboxylic acids is 1. The van der Waals surface area contributed by atoms with E-state index in [4.69, 9.17) is 5.11 Å². The Bertz CT molecular complexity index is 248. The predicted molar refractivity (Wildman–Crippen MR) is 70.4 cm³/mol. The first-order chi connectivity index (χ1) is 8.59. The zero-order valence-electron chi connectivity index (χ0n) is 11.2. The highest BCUT2D eigenvalue weighted by Gasteiger charge is 2.23. The van der Waals surface area contributed by atoms with Crippen LogP contribution in [0.5, 0.6) is 0 Å². The summed E-state index contributed by atoms with van der Waals surface area (Å²) in [5.41, 5.74) is 0. The number of unbranched alkanes of at least 4 members (excludes halogenated alkanes) is 4. The summed E-state index contributed by atoms with van der Waals surface area (Å²) in [6.45, 7) is 2.81. The highest BCUT2D eigenvalue weighted by atomic mass is 16.4. The van der Waals surface area contributed by atoms with Crippen molar-refractivity contribution in [3.05, 3.63) is 0 Å². The quantitative estimate of drug-likeness (QED) is 0.490. The number of piperazine rings is 1. The number of aliphatic hydroxyl groups excluding tert-OH is 1. The molecule has 1 saturated heterocycles. The molecule has 106 valence electrons. The Balaban J connectivity index is 1.93. The number of hydrogen-bond acceptors (Lipinski definition) is 4. The van der Waals surface area contributed by atoms with Crippen LogP contribution in [0.3, 0.4) is 0 Å². The average Bonchev–Trinajstić information content (AvgIpc) is 2.32. The van der Waals surface area contributed by atoms with Crippen LogP contribution in [0.2, 0.25) is 0 Å². The third-order valence-electron chi connectivity index (χ3n) is 3.49. The second kappa shape index (κ2) is 8.45. The molecule has 1 aliphatic rings. The van der Waals surface area contributed by atoms with E-state index in [2.05, 4.69) is 10.6 Å². The van der Waals surface area contributed by atoms with Crippen molar-refractivity contribution in [2.24, 2.45) is 0 Å². The van der Waals surface area contributed by atoms with Gasteiger partial charge in [0.1, 0.15) is 6.23 Å². The predicted octanol–water partition coefficient (Wildman–Crippen LogP) is 1.07. The summed E-state index contributed by atoms with van der Waals surface area (Å²) in [6, 6.07) is 0.557. The lowest BCUT2D eigenvalue weighted by molar-refractivity contribution is -0.137.